The molecule has 0 aliphatic carbocycles. The number of rotatable bonds is 4. The van der Waals surface area contributed by atoms with Gasteiger partial charge in [-0.05, 0) is 55.9 Å². The second kappa shape index (κ2) is 8.44. The van der Waals surface area contributed by atoms with Crippen LogP contribution in [-0.4, -0.2) is 0 Å². The minimum atomic E-state index is 0.767. The number of anilines is 2. The highest BCUT2D eigenvalue weighted by Gasteiger charge is 2.07. The van der Waals surface area contributed by atoms with Crippen molar-refractivity contribution in [1.29, 1.82) is 0 Å². The Balaban J connectivity index is 1.70. The van der Waals surface area contributed by atoms with Crippen LogP contribution >= 0.6 is 0 Å². The van der Waals surface area contributed by atoms with Crippen molar-refractivity contribution in [2.45, 2.75) is 0 Å². The van der Waals surface area contributed by atoms with Gasteiger partial charge in [-0.15, -0.1) is 0 Å². The second-order valence-corrected chi connectivity index (χ2v) is 7.87. The first-order valence-corrected chi connectivity index (χ1v) is 10.7. The molecule has 0 saturated heterocycles. The standard InChI is InChI=1S/C30H24N2/c31-29-11-5-2-8-23(29)14-13-22-16-20-27-25-10-4-1-7-21(25)15-19-28(27)26(22)18-17-24-9-3-6-12-30(24)32/h1-20H,31-32H2/b14-13+,18-17+. The summed E-state index contributed by atoms with van der Waals surface area (Å²) in [6.07, 6.45) is 8.46. The van der Waals surface area contributed by atoms with Crippen LogP contribution in [0, 0.1) is 0 Å². The molecule has 5 aromatic carbocycles. The summed E-state index contributed by atoms with van der Waals surface area (Å²) in [7, 11) is 0. The summed E-state index contributed by atoms with van der Waals surface area (Å²) in [6.45, 7) is 0. The summed E-state index contributed by atoms with van der Waals surface area (Å²) in [5.41, 5.74) is 18.2. The summed E-state index contributed by atoms with van der Waals surface area (Å²) < 4.78 is 0. The molecule has 32 heavy (non-hydrogen) atoms. The van der Waals surface area contributed by atoms with Gasteiger partial charge in [0.2, 0.25) is 0 Å². The van der Waals surface area contributed by atoms with Gasteiger partial charge in [0.25, 0.3) is 0 Å². The van der Waals surface area contributed by atoms with Crippen molar-refractivity contribution in [3.05, 3.63) is 119 Å². The van der Waals surface area contributed by atoms with Gasteiger partial charge in [-0.2, -0.15) is 0 Å². The van der Waals surface area contributed by atoms with E-state index in [4.69, 9.17) is 11.5 Å². The maximum Gasteiger partial charge on any atom is 0.0387 e. The highest BCUT2D eigenvalue weighted by molar-refractivity contribution is 6.11. The average Bonchev–Trinajstić information content (AvgIpc) is 2.83. The molecule has 0 spiro atoms. The normalized spacial score (nSPS) is 11.8. The SMILES string of the molecule is Nc1ccccc1/C=C/c1ccc2c(ccc3ccccc32)c1/C=C/c1ccccc1N. The first-order valence-electron chi connectivity index (χ1n) is 10.7. The van der Waals surface area contributed by atoms with Crippen molar-refractivity contribution in [1.82, 2.24) is 0 Å². The quantitative estimate of drug-likeness (QED) is 0.182. The Kier molecular flexibility index (Phi) is 5.19. The van der Waals surface area contributed by atoms with Crippen LogP contribution in [0.5, 0.6) is 0 Å². The van der Waals surface area contributed by atoms with Crippen molar-refractivity contribution >= 4 is 57.2 Å². The lowest BCUT2D eigenvalue weighted by atomic mass is 9.93. The zero-order valence-electron chi connectivity index (χ0n) is 17.7. The maximum absolute atomic E-state index is 6.18. The first kappa shape index (κ1) is 19.7. The van der Waals surface area contributed by atoms with Crippen LogP contribution in [0.3, 0.4) is 0 Å². The van der Waals surface area contributed by atoms with E-state index in [9.17, 15) is 0 Å². The summed E-state index contributed by atoms with van der Waals surface area (Å²) in [5.74, 6) is 0. The highest BCUT2D eigenvalue weighted by Crippen LogP contribution is 2.32. The zero-order chi connectivity index (χ0) is 21.9. The summed E-state index contributed by atoms with van der Waals surface area (Å²) >= 11 is 0. The predicted octanol–water partition coefficient (Wildman–Crippen LogP) is 7.50. The van der Waals surface area contributed by atoms with Gasteiger partial charge in [-0.25, -0.2) is 0 Å². The maximum atomic E-state index is 6.18. The lowest BCUT2D eigenvalue weighted by Gasteiger charge is -2.11. The van der Waals surface area contributed by atoms with E-state index in [1.54, 1.807) is 0 Å². The number of nitrogens with two attached hydrogens (primary N) is 2. The molecular weight excluding hydrogens is 388 g/mol. The van der Waals surface area contributed by atoms with Crippen LogP contribution in [0.1, 0.15) is 22.3 Å². The molecule has 5 aromatic rings. The topological polar surface area (TPSA) is 52.0 Å². The molecule has 0 radical (unpaired) electrons. The number of fused-ring (bicyclic) bond motifs is 3. The third-order valence-electron chi connectivity index (χ3n) is 5.87. The Morgan fingerprint density at radius 2 is 0.969 bits per heavy atom. The molecule has 0 aliphatic rings. The van der Waals surface area contributed by atoms with Crippen molar-refractivity contribution in [3.8, 4) is 0 Å². The molecule has 0 saturated carbocycles. The van der Waals surface area contributed by atoms with Gasteiger partial charge in [0.1, 0.15) is 0 Å². The lowest BCUT2D eigenvalue weighted by molar-refractivity contribution is 1.63. The molecule has 5 rings (SSSR count). The Hall–Kier alpha value is -4.30. The molecule has 0 fully saturated rings. The molecule has 2 nitrogen and oxygen atoms in total. The molecule has 154 valence electrons. The van der Waals surface area contributed by atoms with E-state index in [1.807, 2.05) is 48.5 Å². The van der Waals surface area contributed by atoms with E-state index in [2.05, 4.69) is 72.8 Å². The minimum absolute atomic E-state index is 0.767. The van der Waals surface area contributed by atoms with E-state index in [0.717, 1.165) is 33.6 Å². The van der Waals surface area contributed by atoms with Gasteiger partial charge in [0, 0.05) is 11.4 Å². The third-order valence-corrected chi connectivity index (χ3v) is 5.87. The summed E-state index contributed by atoms with van der Waals surface area (Å²) in [4.78, 5) is 0. The largest absolute Gasteiger partial charge is 0.398 e. The lowest BCUT2D eigenvalue weighted by Crippen LogP contribution is -1.90. The summed E-state index contributed by atoms with van der Waals surface area (Å²) in [6, 6.07) is 33.1. The van der Waals surface area contributed by atoms with E-state index < -0.39 is 0 Å². The molecular formula is C30H24N2. The van der Waals surface area contributed by atoms with Crippen molar-refractivity contribution in [3.63, 3.8) is 0 Å². The van der Waals surface area contributed by atoms with Gasteiger partial charge in [0.15, 0.2) is 0 Å². The fourth-order valence-corrected chi connectivity index (χ4v) is 4.14. The number of para-hydroxylation sites is 2. The van der Waals surface area contributed by atoms with E-state index in [1.165, 1.54) is 21.5 Å². The van der Waals surface area contributed by atoms with Gasteiger partial charge in [-0.1, -0.05) is 109 Å². The monoisotopic (exact) mass is 412 g/mol. The fourth-order valence-electron chi connectivity index (χ4n) is 4.14. The Morgan fingerprint density at radius 1 is 0.406 bits per heavy atom. The highest BCUT2D eigenvalue weighted by atomic mass is 14.6. The van der Waals surface area contributed by atoms with Gasteiger partial charge in [-0.3, -0.25) is 0 Å². The van der Waals surface area contributed by atoms with Crippen LogP contribution in [-0.2, 0) is 0 Å². The molecule has 0 bridgehead atoms. The number of hydrogen-bond donors (Lipinski definition) is 2. The minimum Gasteiger partial charge on any atom is -0.398 e. The molecule has 4 N–H and O–H groups in total. The van der Waals surface area contributed by atoms with E-state index >= 15 is 0 Å². The van der Waals surface area contributed by atoms with Crippen LogP contribution < -0.4 is 11.5 Å². The van der Waals surface area contributed by atoms with Crippen LogP contribution in [0.2, 0.25) is 0 Å². The number of benzene rings is 5. The average molecular weight is 413 g/mol. The van der Waals surface area contributed by atoms with Crippen LogP contribution in [0.15, 0.2) is 97.1 Å². The van der Waals surface area contributed by atoms with Crippen LogP contribution in [0.25, 0.3) is 45.8 Å². The second-order valence-electron chi connectivity index (χ2n) is 7.87. The number of nitrogen functional groups attached to an aromatic ring is 2. The fraction of sp³-hybridized carbons (Fsp3) is 0. The predicted molar refractivity (Wildman–Crippen MR) is 141 cm³/mol. The van der Waals surface area contributed by atoms with Gasteiger partial charge in [0.05, 0.1) is 0 Å². The van der Waals surface area contributed by atoms with Crippen LogP contribution in [0.4, 0.5) is 11.4 Å². The molecule has 0 heterocycles. The zero-order valence-corrected chi connectivity index (χ0v) is 17.7. The van der Waals surface area contributed by atoms with Crippen molar-refractivity contribution < 1.29 is 0 Å². The first-order chi connectivity index (χ1) is 15.7. The molecule has 0 atom stereocenters. The third kappa shape index (κ3) is 3.75. The van der Waals surface area contributed by atoms with Gasteiger partial charge >= 0.3 is 0 Å². The number of hydrogen-bond acceptors (Lipinski definition) is 2. The van der Waals surface area contributed by atoms with Crippen molar-refractivity contribution in [2.75, 3.05) is 11.5 Å². The Morgan fingerprint density at radius 3 is 1.69 bits per heavy atom. The van der Waals surface area contributed by atoms with E-state index in [0.29, 0.717) is 0 Å². The van der Waals surface area contributed by atoms with E-state index in [-0.39, 0.29) is 0 Å². The molecule has 0 unspecified atom stereocenters. The Labute approximate surface area is 188 Å². The van der Waals surface area contributed by atoms with Gasteiger partial charge < -0.3 is 11.5 Å². The van der Waals surface area contributed by atoms with Crippen molar-refractivity contribution in [2.24, 2.45) is 0 Å². The summed E-state index contributed by atoms with van der Waals surface area (Å²) in [5, 5.41) is 4.93. The molecule has 0 aliphatic heterocycles. The molecule has 0 amide bonds. The smallest absolute Gasteiger partial charge is 0.0387 e. The molecule has 2 heteroatoms. The Bertz CT molecular complexity index is 1490. The molecule has 0 aromatic heterocycles.